The number of hydrogen-bond acceptors (Lipinski definition) is 1. The highest BCUT2D eigenvalue weighted by molar-refractivity contribution is 5.78. The van der Waals surface area contributed by atoms with Crippen molar-refractivity contribution in [1.29, 1.82) is 0 Å². The number of hydrogen-bond donors (Lipinski definition) is 0. The van der Waals surface area contributed by atoms with Crippen molar-refractivity contribution in [2.45, 2.75) is 6.18 Å². The first-order chi connectivity index (χ1) is 9.49. The Kier molecular flexibility index (Phi) is 4.03. The number of benzene rings is 2. The Morgan fingerprint density at radius 1 is 0.800 bits per heavy atom. The molecule has 0 heterocycles. The normalized spacial score (nSPS) is 11.8. The van der Waals surface area contributed by atoms with E-state index in [0.29, 0.717) is 11.1 Å². The first-order valence-electron chi connectivity index (χ1n) is 5.89. The maximum absolute atomic E-state index is 12.4. The smallest absolute Gasteiger partial charge is 0.298 e. The highest BCUT2D eigenvalue weighted by atomic mass is 19.4. The van der Waals surface area contributed by atoms with Crippen LogP contribution in [0.3, 0.4) is 0 Å². The molecule has 0 N–H and O–H groups in total. The van der Waals surface area contributed by atoms with Crippen LogP contribution in [0, 0.1) is 0 Å². The van der Waals surface area contributed by atoms with Crippen molar-refractivity contribution < 1.29 is 18.0 Å². The van der Waals surface area contributed by atoms with Gasteiger partial charge in [0.05, 0.1) is 5.56 Å². The van der Waals surface area contributed by atoms with Gasteiger partial charge in [0.25, 0.3) is 0 Å². The molecule has 0 spiro atoms. The first-order valence-corrected chi connectivity index (χ1v) is 5.89. The Morgan fingerprint density at radius 2 is 1.40 bits per heavy atom. The van der Waals surface area contributed by atoms with Crippen LogP contribution in [0.15, 0.2) is 48.5 Å². The Morgan fingerprint density at radius 3 is 2.00 bits per heavy atom. The molecule has 2 rings (SSSR count). The van der Waals surface area contributed by atoms with Crippen LogP contribution in [0.25, 0.3) is 12.2 Å². The van der Waals surface area contributed by atoms with E-state index in [9.17, 15) is 18.0 Å². The molecular formula is C16H11F3O. The average Bonchev–Trinajstić information content (AvgIpc) is 2.45. The molecule has 2 aromatic carbocycles. The van der Waals surface area contributed by atoms with Crippen molar-refractivity contribution in [2.24, 2.45) is 0 Å². The molecule has 0 saturated heterocycles. The van der Waals surface area contributed by atoms with E-state index in [-0.39, 0.29) is 0 Å². The van der Waals surface area contributed by atoms with Crippen LogP contribution in [-0.4, -0.2) is 6.29 Å². The topological polar surface area (TPSA) is 17.1 Å². The van der Waals surface area contributed by atoms with Gasteiger partial charge in [-0.1, -0.05) is 42.5 Å². The van der Waals surface area contributed by atoms with Gasteiger partial charge in [-0.15, -0.1) is 0 Å². The van der Waals surface area contributed by atoms with Gasteiger partial charge in [0.15, 0.2) is 0 Å². The van der Waals surface area contributed by atoms with Crippen molar-refractivity contribution in [2.75, 3.05) is 0 Å². The van der Waals surface area contributed by atoms with Crippen molar-refractivity contribution in [3.05, 3.63) is 70.8 Å². The lowest BCUT2D eigenvalue weighted by molar-refractivity contribution is -0.137. The molecule has 102 valence electrons. The van der Waals surface area contributed by atoms with E-state index >= 15 is 0 Å². The zero-order chi connectivity index (χ0) is 14.6. The van der Waals surface area contributed by atoms with E-state index in [0.717, 1.165) is 24.0 Å². The van der Waals surface area contributed by atoms with Crippen LogP contribution in [0.1, 0.15) is 27.0 Å². The van der Waals surface area contributed by atoms with Gasteiger partial charge < -0.3 is 0 Å². The summed E-state index contributed by atoms with van der Waals surface area (Å²) in [4.78, 5) is 10.6. The lowest BCUT2D eigenvalue weighted by Gasteiger charge is -2.05. The Labute approximate surface area is 114 Å². The number of rotatable bonds is 3. The molecule has 0 saturated carbocycles. The summed E-state index contributed by atoms with van der Waals surface area (Å²) >= 11 is 0. The average molecular weight is 276 g/mol. The molecule has 4 heteroatoms. The van der Waals surface area contributed by atoms with E-state index in [1.165, 1.54) is 12.1 Å². The number of halogens is 3. The molecule has 0 radical (unpaired) electrons. The number of aldehydes is 1. The van der Waals surface area contributed by atoms with Gasteiger partial charge in [-0.3, -0.25) is 4.79 Å². The second kappa shape index (κ2) is 5.74. The molecule has 0 aromatic heterocycles. The predicted molar refractivity (Wildman–Crippen MR) is 72.2 cm³/mol. The Bertz CT molecular complexity index is 625. The summed E-state index contributed by atoms with van der Waals surface area (Å²) in [6.45, 7) is 0. The fourth-order valence-corrected chi connectivity index (χ4v) is 1.71. The van der Waals surface area contributed by atoms with Gasteiger partial charge in [-0.2, -0.15) is 13.2 Å². The fraction of sp³-hybridized carbons (Fsp3) is 0.0625. The largest absolute Gasteiger partial charge is 0.416 e. The third kappa shape index (κ3) is 3.57. The highest BCUT2D eigenvalue weighted by Gasteiger charge is 2.29. The minimum absolute atomic E-state index is 0.555. The second-order valence-electron chi connectivity index (χ2n) is 4.24. The van der Waals surface area contributed by atoms with Gasteiger partial charge in [0.2, 0.25) is 0 Å². The predicted octanol–water partition coefficient (Wildman–Crippen LogP) is 4.69. The number of alkyl halides is 3. The van der Waals surface area contributed by atoms with Crippen LogP contribution in [0.5, 0.6) is 0 Å². The lowest BCUT2D eigenvalue weighted by Crippen LogP contribution is -2.03. The van der Waals surface area contributed by atoms with Gasteiger partial charge >= 0.3 is 6.18 Å². The van der Waals surface area contributed by atoms with Gasteiger partial charge in [-0.25, -0.2) is 0 Å². The summed E-state index contributed by atoms with van der Waals surface area (Å²) in [6, 6.07) is 11.8. The first kappa shape index (κ1) is 14.1. The number of carbonyl (C=O) groups is 1. The molecule has 1 nitrogen and oxygen atoms in total. The van der Waals surface area contributed by atoms with Crippen molar-refractivity contribution >= 4 is 18.4 Å². The fourth-order valence-electron chi connectivity index (χ4n) is 1.71. The molecule has 0 atom stereocenters. The third-order valence-electron chi connectivity index (χ3n) is 2.75. The molecule has 0 bridgehead atoms. The molecular weight excluding hydrogens is 265 g/mol. The maximum Gasteiger partial charge on any atom is 0.416 e. The third-order valence-corrected chi connectivity index (χ3v) is 2.75. The summed E-state index contributed by atoms with van der Waals surface area (Å²) < 4.78 is 37.2. The van der Waals surface area contributed by atoms with Gasteiger partial charge in [-0.05, 0) is 29.3 Å². The quantitative estimate of drug-likeness (QED) is 0.587. The maximum atomic E-state index is 12.4. The minimum Gasteiger partial charge on any atom is -0.298 e. The number of carbonyl (C=O) groups excluding carboxylic acids is 1. The second-order valence-corrected chi connectivity index (χ2v) is 4.24. The van der Waals surface area contributed by atoms with E-state index in [1.54, 1.807) is 30.4 Å². The molecule has 20 heavy (non-hydrogen) atoms. The monoisotopic (exact) mass is 276 g/mol. The zero-order valence-corrected chi connectivity index (χ0v) is 10.4. The SMILES string of the molecule is O=Cc1cccc(/C=C/c2ccc(C(F)(F)F)cc2)c1. The van der Waals surface area contributed by atoms with Gasteiger partial charge in [0, 0.05) is 5.56 Å². The van der Waals surface area contributed by atoms with E-state index in [2.05, 4.69) is 0 Å². The standard InChI is InChI=1S/C16H11F3O/c17-16(18,19)15-8-6-12(7-9-15)4-5-13-2-1-3-14(10-13)11-20/h1-11H/b5-4+. The zero-order valence-electron chi connectivity index (χ0n) is 10.4. The van der Waals surface area contributed by atoms with Crippen molar-refractivity contribution in [3.63, 3.8) is 0 Å². The lowest BCUT2D eigenvalue weighted by atomic mass is 10.1. The van der Waals surface area contributed by atoms with E-state index < -0.39 is 11.7 Å². The highest BCUT2D eigenvalue weighted by Crippen LogP contribution is 2.29. The van der Waals surface area contributed by atoms with E-state index in [1.807, 2.05) is 6.07 Å². The van der Waals surface area contributed by atoms with Crippen LogP contribution in [0.4, 0.5) is 13.2 Å². The van der Waals surface area contributed by atoms with Crippen LogP contribution in [-0.2, 0) is 6.18 Å². The van der Waals surface area contributed by atoms with E-state index in [4.69, 9.17) is 0 Å². The summed E-state index contributed by atoms with van der Waals surface area (Å²) in [5.41, 5.74) is 1.36. The summed E-state index contributed by atoms with van der Waals surface area (Å²) in [7, 11) is 0. The summed E-state index contributed by atoms with van der Waals surface area (Å²) in [5, 5.41) is 0. The van der Waals surface area contributed by atoms with Crippen molar-refractivity contribution in [1.82, 2.24) is 0 Å². The molecule has 0 aliphatic rings. The molecule has 0 fully saturated rings. The molecule has 0 aliphatic carbocycles. The molecule has 2 aromatic rings. The Hall–Kier alpha value is -2.36. The van der Waals surface area contributed by atoms with Crippen LogP contribution in [0.2, 0.25) is 0 Å². The molecule has 0 unspecified atom stereocenters. The van der Waals surface area contributed by atoms with Crippen LogP contribution < -0.4 is 0 Å². The molecule has 0 amide bonds. The Balaban J connectivity index is 2.17. The summed E-state index contributed by atoms with van der Waals surface area (Å²) in [5.74, 6) is 0. The minimum atomic E-state index is -4.32. The summed E-state index contributed by atoms with van der Waals surface area (Å²) in [6.07, 6.45) is -0.129. The van der Waals surface area contributed by atoms with Crippen molar-refractivity contribution in [3.8, 4) is 0 Å². The molecule has 0 aliphatic heterocycles. The van der Waals surface area contributed by atoms with Crippen LogP contribution >= 0.6 is 0 Å². The van der Waals surface area contributed by atoms with Gasteiger partial charge in [0.1, 0.15) is 6.29 Å².